The fraction of sp³-hybridized carbons (Fsp3) is 0.429. The Morgan fingerprint density at radius 2 is 1.93 bits per heavy atom. The van der Waals surface area contributed by atoms with Crippen LogP contribution < -0.4 is 9.46 Å². The Hall–Kier alpha value is -1.56. The molecule has 0 amide bonds. The van der Waals surface area contributed by atoms with Crippen LogP contribution in [0.25, 0.3) is 0 Å². The zero-order chi connectivity index (χ0) is 19.9. The van der Waals surface area contributed by atoms with Crippen LogP contribution in [0.3, 0.4) is 0 Å². The van der Waals surface area contributed by atoms with Gasteiger partial charge in [-0.1, -0.05) is 49.7 Å². The number of halogens is 1. The Morgan fingerprint density at radius 1 is 1.19 bits per heavy atom. The van der Waals surface area contributed by atoms with Crippen molar-refractivity contribution in [3.8, 4) is 5.75 Å². The Balaban J connectivity index is 1.85. The van der Waals surface area contributed by atoms with Gasteiger partial charge in [0.25, 0.3) is 0 Å². The molecule has 1 unspecified atom stereocenters. The van der Waals surface area contributed by atoms with Crippen molar-refractivity contribution >= 4 is 21.6 Å². The number of hydrogen-bond acceptors (Lipinski definition) is 3. The zero-order valence-electron chi connectivity index (χ0n) is 16.2. The minimum absolute atomic E-state index is 0.235. The second kappa shape index (κ2) is 10.1. The fourth-order valence-corrected chi connectivity index (χ4v) is 4.50. The lowest BCUT2D eigenvalue weighted by atomic mass is 10.0. The van der Waals surface area contributed by atoms with Crippen molar-refractivity contribution in [1.82, 2.24) is 4.72 Å². The Labute approximate surface area is 168 Å². The number of methoxy groups -OCH3 is 1. The first-order valence-electron chi connectivity index (χ1n) is 9.27. The summed E-state index contributed by atoms with van der Waals surface area (Å²) >= 11 is 6.15. The molecule has 2 aromatic rings. The quantitative estimate of drug-likeness (QED) is 0.610. The van der Waals surface area contributed by atoms with Crippen molar-refractivity contribution < 1.29 is 13.2 Å². The predicted octanol–water partition coefficient (Wildman–Crippen LogP) is 4.85. The van der Waals surface area contributed by atoms with E-state index in [0.29, 0.717) is 16.5 Å². The van der Waals surface area contributed by atoms with Crippen LogP contribution in [0, 0.1) is 5.92 Å². The van der Waals surface area contributed by atoms with Crippen LogP contribution in [0.2, 0.25) is 5.02 Å². The Morgan fingerprint density at radius 3 is 2.63 bits per heavy atom. The minimum atomic E-state index is -3.47. The molecule has 0 aromatic heterocycles. The summed E-state index contributed by atoms with van der Waals surface area (Å²) in [6, 6.07) is 12.8. The number of ether oxygens (including phenoxy) is 1. The number of para-hydroxylation sites is 1. The maximum absolute atomic E-state index is 12.5. The summed E-state index contributed by atoms with van der Waals surface area (Å²) in [5, 5.41) is 0.616. The van der Waals surface area contributed by atoms with E-state index >= 15 is 0 Å². The van der Waals surface area contributed by atoms with Crippen molar-refractivity contribution in [2.75, 3.05) is 13.7 Å². The molecule has 6 heteroatoms. The highest BCUT2D eigenvalue weighted by molar-refractivity contribution is 7.89. The minimum Gasteiger partial charge on any atom is -0.495 e. The smallest absolute Gasteiger partial charge is 0.240 e. The van der Waals surface area contributed by atoms with Crippen LogP contribution in [0.5, 0.6) is 5.75 Å². The molecule has 4 nitrogen and oxygen atoms in total. The van der Waals surface area contributed by atoms with E-state index in [0.717, 1.165) is 42.6 Å². The first-order valence-corrected chi connectivity index (χ1v) is 11.1. The molecule has 0 bridgehead atoms. The SMILES string of the molecule is CCc1cccc(S(=O)(=O)NCC(C)CCCc2cccc(Cl)c2OC)c1. The normalized spacial score (nSPS) is 12.7. The summed E-state index contributed by atoms with van der Waals surface area (Å²) in [5.41, 5.74) is 2.09. The molecule has 0 spiro atoms. The van der Waals surface area contributed by atoms with E-state index in [4.69, 9.17) is 16.3 Å². The van der Waals surface area contributed by atoms with Gasteiger partial charge < -0.3 is 4.74 Å². The third kappa shape index (κ3) is 6.23. The summed E-state index contributed by atoms with van der Waals surface area (Å²) < 4.78 is 33.1. The number of nitrogens with one attached hydrogen (secondary N) is 1. The molecule has 0 heterocycles. The standard InChI is InChI=1S/C21H28ClNO3S/c1-4-17-9-6-12-19(14-17)27(24,25)23-15-16(2)8-5-10-18-11-7-13-20(22)21(18)26-3/h6-7,9,11-14,16,23H,4-5,8,10,15H2,1-3H3. The van der Waals surface area contributed by atoms with Gasteiger partial charge in [-0.05, 0) is 60.9 Å². The molecule has 2 aromatic carbocycles. The molecular formula is C21H28ClNO3S. The topological polar surface area (TPSA) is 55.4 Å². The van der Waals surface area contributed by atoms with Gasteiger partial charge in [-0.3, -0.25) is 0 Å². The highest BCUT2D eigenvalue weighted by atomic mass is 35.5. The van der Waals surface area contributed by atoms with E-state index in [1.54, 1.807) is 25.3 Å². The highest BCUT2D eigenvalue weighted by Crippen LogP contribution is 2.29. The molecule has 1 N–H and O–H groups in total. The van der Waals surface area contributed by atoms with Crippen molar-refractivity contribution in [1.29, 1.82) is 0 Å². The van der Waals surface area contributed by atoms with Crippen LogP contribution in [0.4, 0.5) is 0 Å². The van der Waals surface area contributed by atoms with Crippen LogP contribution in [-0.4, -0.2) is 22.1 Å². The lowest BCUT2D eigenvalue weighted by Crippen LogP contribution is -2.28. The summed E-state index contributed by atoms with van der Waals surface area (Å²) in [7, 11) is -1.85. The monoisotopic (exact) mass is 409 g/mol. The number of sulfonamides is 1. The molecule has 0 radical (unpaired) electrons. The van der Waals surface area contributed by atoms with Gasteiger partial charge in [0, 0.05) is 6.54 Å². The lowest BCUT2D eigenvalue weighted by Gasteiger charge is -2.14. The van der Waals surface area contributed by atoms with Gasteiger partial charge in [0.1, 0.15) is 5.75 Å². The van der Waals surface area contributed by atoms with Gasteiger partial charge >= 0.3 is 0 Å². The molecule has 0 aliphatic rings. The molecular weight excluding hydrogens is 382 g/mol. The highest BCUT2D eigenvalue weighted by Gasteiger charge is 2.15. The molecule has 0 aliphatic carbocycles. The zero-order valence-corrected chi connectivity index (χ0v) is 17.7. The van der Waals surface area contributed by atoms with Gasteiger partial charge in [-0.15, -0.1) is 0 Å². The van der Waals surface area contributed by atoms with Crippen molar-refractivity contribution in [3.63, 3.8) is 0 Å². The van der Waals surface area contributed by atoms with Crippen LogP contribution in [0.1, 0.15) is 37.8 Å². The second-order valence-electron chi connectivity index (χ2n) is 6.78. The first kappa shape index (κ1) is 21.7. The number of rotatable bonds is 10. The third-order valence-electron chi connectivity index (χ3n) is 4.63. The van der Waals surface area contributed by atoms with Gasteiger partial charge in [-0.25, -0.2) is 13.1 Å². The van der Waals surface area contributed by atoms with Crippen molar-refractivity contribution in [2.24, 2.45) is 5.92 Å². The molecule has 0 fully saturated rings. The van der Waals surface area contributed by atoms with Crippen LogP contribution in [0.15, 0.2) is 47.4 Å². The largest absolute Gasteiger partial charge is 0.495 e. The number of aryl methyl sites for hydroxylation is 2. The Bertz CT molecular complexity index is 852. The molecule has 2 rings (SSSR count). The molecule has 148 valence electrons. The van der Waals surface area contributed by atoms with E-state index < -0.39 is 10.0 Å². The number of benzene rings is 2. The molecule has 1 atom stereocenters. The van der Waals surface area contributed by atoms with E-state index in [2.05, 4.69) is 11.6 Å². The van der Waals surface area contributed by atoms with Crippen molar-refractivity contribution in [3.05, 3.63) is 58.6 Å². The maximum Gasteiger partial charge on any atom is 0.240 e. The summed E-state index contributed by atoms with van der Waals surface area (Å²) in [5.74, 6) is 0.961. The molecule has 27 heavy (non-hydrogen) atoms. The van der Waals surface area contributed by atoms with Crippen molar-refractivity contribution in [2.45, 2.75) is 44.4 Å². The number of hydrogen-bond donors (Lipinski definition) is 1. The maximum atomic E-state index is 12.5. The molecule has 0 saturated heterocycles. The van der Waals surface area contributed by atoms with Gasteiger partial charge in [0.05, 0.1) is 17.0 Å². The fourth-order valence-electron chi connectivity index (χ4n) is 2.99. The summed E-state index contributed by atoms with van der Waals surface area (Å²) in [6.45, 7) is 4.49. The third-order valence-corrected chi connectivity index (χ3v) is 6.35. The van der Waals surface area contributed by atoms with E-state index in [1.807, 2.05) is 31.2 Å². The predicted molar refractivity (Wildman–Crippen MR) is 111 cm³/mol. The van der Waals surface area contributed by atoms with Crippen LogP contribution >= 0.6 is 11.6 Å². The van der Waals surface area contributed by atoms with E-state index in [9.17, 15) is 8.42 Å². The lowest BCUT2D eigenvalue weighted by molar-refractivity contribution is 0.407. The first-order chi connectivity index (χ1) is 12.9. The molecule has 0 aliphatic heterocycles. The van der Waals surface area contributed by atoms with Gasteiger partial charge in [0.2, 0.25) is 10.0 Å². The van der Waals surface area contributed by atoms with E-state index in [-0.39, 0.29) is 5.92 Å². The molecule has 0 saturated carbocycles. The summed E-state index contributed by atoms with van der Waals surface area (Å²) in [4.78, 5) is 0.331. The Kier molecular flexibility index (Phi) is 8.14. The van der Waals surface area contributed by atoms with Crippen LogP contribution in [-0.2, 0) is 22.9 Å². The van der Waals surface area contributed by atoms with Gasteiger partial charge in [-0.2, -0.15) is 0 Å². The average molecular weight is 410 g/mol. The van der Waals surface area contributed by atoms with E-state index in [1.165, 1.54) is 0 Å². The second-order valence-corrected chi connectivity index (χ2v) is 8.96. The van der Waals surface area contributed by atoms with Gasteiger partial charge in [0.15, 0.2) is 0 Å². The summed E-state index contributed by atoms with van der Waals surface area (Å²) in [6.07, 6.45) is 3.50. The average Bonchev–Trinajstić information content (AvgIpc) is 2.66.